The maximum atomic E-state index is 12.9. The second-order valence-electron chi connectivity index (χ2n) is 8.02. The highest BCUT2D eigenvalue weighted by molar-refractivity contribution is 7.17. The van der Waals surface area contributed by atoms with Crippen molar-refractivity contribution in [2.24, 2.45) is 0 Å². The van der Waals surface area contributed by atoms with Crippen LogP contribution in [0, 0.1) is 13.8 Å². The number of hydrogen-bond acceptors (Lipinski definition) is 8. The van der Waals surface area contributed by atoms with Crippen molar-refractivity contribution in [3.63, 3.8) is 0 Å². The molecule has 0 radical (unpaired) electrons. The van der Waals surface area contributed by atoms with Gasteiger partial charge in [-0.15, -0.1) is 11.3 Å². The van der Waals surface area contributed by atoms with Crippen LogP contribution >= 0.6 is 11.3 Å². The fraction of sp³-hybridized carbons (Fsp3) is 0.500. The lowest BCUT2D eigenvalue weighted by molar-refractivity contribution is -0.123. The summed E-state index contributed by atoms with van der Waals surface area (Å²) in [6.07, 6.45) is 2.47. The largest absolute Gasteiger partial charge is 0.462 e. The van der Waals surface area contributed by atoms with Gasteiger partial charge in [-0.25, -0.2) is 14.4 Å². The molecule has 2 heterocycles. The number of anilines is 1. The molecule has 1 aliphatic carbocycles. The van der Waals surface area contributed by atoms with Crippen molar-refractivity contribution in [2.75, 3.05) is 18.5 Å². The third-order valence-electron chi connectivity index (χ3n) is 5.66. The van der Waals surface area contributed by atoms with Crippen LogP contribution < -0.4 is 5.32 Å². The van der Waals surface area contributed by atoms with Crippen molar-refractivity contribution in [2.45, 2.75) is 66.4 Å². The molecule has 0 spiro atoms. The molecule has 0 aliphatic heterocycles. The first kappa shape index (κ1) is 25.5. The first-order valence-corrected chi connectivity index (χ1v) is 12.2. The number of carbonyl (C=O) groups excluding carboxylic acids is 4. The molecule has 2 aromatic rings. The normalized spacial score (nSPS) is 13.6. The SMILES string of the molecule is CCOC(=O)c1[nH]c(C)c(C(=O)OC(C)C(=O)Nc2sc3c(c2C(=O)OCC)CCCC3)c1C. The summed E-state index contributed by atoms with van der Waals surface area (Å²) >= 11 is 1.36. The molecule has 0 fully saturated rings. The summed E-state index contributed by atoms with van der Waals surface area (Å²) in [4.78, 5) is 54.3. The van der Waals surface area contributed by atoms with Gasteiger partial charge in [0.25, 0.3) is 5.91 Å². The van der Waals surface area contributed by atoms with Crippen molar-refractivity contribution in [1.29, 1.82) is 0 Å². The number of amides is 1. The number of nitrogens with one attached hydrogen (secondary N) is 2. The van der Waals surface area contributed by atoms with Gasteiger partial charge in [-0.3, -0.25) is 4.79 Å². The molecule has 0 aromatic carbocycles. The standard InChI is InChI=1S/C24H30N2O7S/c1-6-31-22(28)18-15-10-8-9-11-16(15)34-21(18)26-20(27)14(5)33-23(29)17-12(3)19(25-13(17)4)24(30)32-7-2/h14,25H,6-11H2,1-5H3,(H,26,27). The Morgan fingerprint density at radius 1 is 0.971 bits per heavy atom. The predicted octanol–water partition coefficient (Wildman–Crippen LogP) is 4.11. The van der Waals surface area contributed by atoms with E-state index in [1.165, 1.54) is 18.3 Å². The molecule has 9 nitrogen and oxygen atoms in total. The number of carbonyl (C=O) groups is 4. The minimum atomic E-state index is -1.14. The minimum Gasteiger partial charge on any atom is -0.462 e. The van der Waals surface area contributed by atoms with E-state index < -0.39 is 29.9 Å². The van der Waals surface area contributed by atoms with Gasteiger partial charge in [0.05, 0.1) is 24.3 Å². The monoisotopic (exact) mass is 490 g/mol. The number of aryl methyl sites for hydroxylation is 2. The van der Waals surface area contributed by atoms with Gasteiger partial charge in [0, 0.05) is 10.6 Å². The van der Waals surface area contributed by atoms with Crippen molar-refractivity contribution < 1.29 is 33.4 Å². The second kappa shape index (κ2) is 10.9. The molecule has 2 aromatic heterocycles. The molecule has 0 bridgehead atoms. The predicted molar refractivity (Wildman–Crippen MR) is 127 cm³/mol. The number of aromatic amines is 1. The third kappa shape index (κ3) is 5.16. The van der Waals surface area contributed by atoms with Gasteiger partial charge in [0.15, 0.2) is 6.10 Å². The van der Waals surface area contributed by atoms with E-state index >= 15 is 0 Å². The molecule has 0 saturated heterocycles. The van der Waals surface area contributed by atoms with Crippen LogP contribution in [-0.4, -0.2) is 48.1 Å². The second-order valence-corrected chi connectivity index (χ2v) is 9.12. The van der Waals surface area contributed by atoms with Crippen molar-refractivity contribution in [3.8, 4) is 0 Å². The molecule has 2 N–H and O–H groups in total. The lowest BCUT2D eigenvalue weighted by Crippen LogP contribution is -2.30. The highest BCUT2D eigenvalue weighted by Gasteiger charge is 2.30. The van der Waals surface area contributed by atoms with Crippen LogP contribution in [0.25, 0.3) is 0 Å². The zero-order valence-electron chi connectivity index (χ0n) is 20.1. The van der Waals surface area contributed by atoms with Crippen LogP contribution in [0.4, 0.5) is 5.00 Å². The Morgan fingerprint density at radius 2 is 1.62 bits per heavy atom. The highest BCUT2D eigenvalue weighted by Crippen LogP contribution is 2.38. The lowest BCUT2D eigenvalue weighted by Gasteiger charge is -2.14. The van der Waals surface area contributed by atoms with Gasteiger partial charge in [0.2, 0.25) is 0 Å². The zero-order valence-corrected chi connectivity index (χ0v) is 20.9. The quantitative estimate of drug-likeness (QED) is 0.421. The van der Waals surface area contributed by atoms with Crippen LogP contribution in [0.2, 0.25) is 0 Å². The smallest absolute Gasteiger partial charge is 0.355 e. The summed E-state index contributed by atoms with van der Waals surface area (Å²) in [5.74, 6) is -2.33. The molecule has 34 heavy (non-hydrogen) atoms. The Bertz CT molecular complexity index is 1120. The Morgan fingerprint density at radius 3 is 2.29 bits per heavy atom. The van der Waals surface area contributed by atoms with Gasteiger partial charge in [-0.1, -0.05) is 0 Å². The summed E-state index contributed by atoms with van der Waals surface area (Å²) in [6.45, 7) is 8.55. The van der Waals surface area contributed by atoms with Gasteiger partial charge in [-0.2, -0.15) is 0 Å². The van der Waals surface area contributed by atoms with E-state index in [2.05, 4.69) is 10.3 Å². The topological polar surface area (TPSA) is 124 Å². The molecular weight excluding hydrogens is 460 g/mol. The van der Waals surface area contributed by atoms with E-state index in [0.29, 0.717) is 21.8 Å². The number of aromatic nitrogens is 1. The highest BCUT2D eigenvalue weighted by atomic mass is 32.1. The first-order chi connectivity index (χ1) is 16.2. The lowest BCUT2D eigenvalue weighted by atomic mass is 9.95. The number of H-pyrrole nitrogens is 1. The summed E-state index contributed by atoms with van der Waals surface area (Å²) in [5.41, 5.74) is 2.51. The van der Waals surface area contributed by atoms with Crippen LogP contribution in [0.15, 0.2) is 0 Å². The molecular formula is C24H30N2O7S. The summed E-state index contributed by atoms with van der Waals surface area (Å²) in [7, 11) is 0. The third-order valence-corrected chi connectivity index (χ3v) is 6.87. The average Bonchev–Trinajstić information content (AvgIpc) is 3.30. The molecule has 1 unspecified atom stereocenters. The number of thiophene rings is 1. The van der Waals surface area contributed by atoms with Crippen LogP contribution in [0.5, 0.6) is 0 Å². The molecule has 3 rings (SSSR count). The Balaban J connectivity index is 1.76. The number of esters is 3. The molecule has 10 heteroatoms. The summed E-state index contributed by atoms with van der Waals surface area (Å²) in [5, 5.41) is 3.17. The fourth-order valence-corrected chi connectivity index (χ4v) is 5.30. The first-order valence-electron chi connectivity index (χ1n) is 11.4. The van der Waals surface area contributed by atoms with Crippen LogP contribution in [0.3, 0.4) is 0 Å². The average molecular weight is 491 g/mol. The Labute approximate surface area is 202 Å². The van der Waals surface area contributed by atoms with Gasteiger partial charge < -0.3 is 24.5 Å². The Kier molecular flexibility index (Phi) is 8.14. The number of ether oxygens (including phenoxy) is 3. The van der Waals surface area contributed by atoms with Gasteiger partial charge >= 0.3 is 17.9 Å². The maximum Gasteiger partial charge on any atom is 0.355 e. The summed E-state index contributed by atoms with van der Waals surface area (Å²) in [6, 6.07) is 0. The molecule has 1 aliphatic rings. The fourth-order valence-electron chi connectivity index (χ4n) is 4.02. The van der Waals surface area contributed by atoms with Crippen LogP contribution in [0.1, 0.15) is 86.5 Å². The minimum absolute atomic E-state index is 0.173. The van der Waals surface area contributed by atoms with Gasteiger partial charge in [0.1, 0.15) is 10.7 Å². The molecule has 1 amide bonds. The van der Waals surface area contributed by atoms with E-state index in [0.717, 1.165) is 36.1 Å². The van der Waals surface area contributed by atoms with Gasteiger partial charge in [-0.05, 0) is 71.4 Å². The van der Waals surface area contributed by atoms with E-state index in [9.17, 15) is 19.2 Å². The number of hydrogen-bond donors (Lipinski definition) is 2. The Hall–Kier alpha value is -3.14. The number of fused-ring (bicyclic) bond motifs is 1. The van der Waals surface area contributed by atoms with Crippen molar-refractivity contribution >= 4 is 40.2 Å². The maximum absolute atomic E-state index is 12.9. The molecule has 0 saturated carbocycles. The summed E-state index contributed by atoms with van der Waals surface area (Å²) < 4.78 is 15.6. The molecule has 1 atom stereocenters. The van der Waals surface area contributed by atoms with E-state index in [-0.39, 0.29) is 24.5 Å². The van der Waals surface area contributed by atoms with Crippen LogP contribution in [-0.2, 0) is 31.8 Å². The van der Waals surface area contributed by atoms with Crippen molar-refractivity contribution in [1.82, 2.24) is 4.98 Å². The van der Waals surface area contributed by atoms with E-state index in [1.807, 2.05) is 0 Å². The van der Waals surface area contributed by atoms with Crippen molar-refractivity contribution in [3.05, 3.63) is 38.5 Å². The number of rotatable bonds is 8. The van der Waals surface area contributed by atoms with E-state index in [1.54, 1.807) is 27.7 Å². The zero-order chi connectivity index (χ0) is 25.0. The van der Waals surface area contributed by atoms with E-state index in [4.69, 9.17) is 14.2 Å². The molecule has 184 valence electrons.